The van der Waals surface area contributed by atoms with Crippen LogP contribution in [0, 0.1) is 0 Å². The number of pyridine rings is 1. The van der Waals surface area contributed by atoms with Crippen LogP contribution < -0.4 is 10.5 Å². The van der Waals surface area contributed by atoms with Gasteiger partial charge < -0.3 is 9.47 Å². The smallest absolute Gasteiger partial charge is 0.378 e. The molecule has 0 saturated carbocycles. The largest absolute Gasteiger partial charge is 0.417 e. The summed E-state index contributed by atoms with van der Waals surface area (Å²) in [5, 5.41) is 0.0592. The quantitative estimate of drug-likeness (QED) is 0.844. The molecule has 0 saturated heterocycles. The van der Waals surface area contributed by atoms with Crippen molar-refractivity contribution in [2.24, 2.45) is 7.05 Å². The number of benzene rings is 1. The van der Waals surface area contributed by atoms with Crippen molar-refractivity contribution in [2.75, 3.05) is 19.0 Å². The summed E-state index contributed by atoms with van der Waals surface area (Å²) in [7, 11) is 5.11. The van der Waals surface area contributed by atoms with Gasteiger partial charge in [-0.05, 0) is 18.1 Å². The fourth-order valence-corrected chi connectivity index (χ4v) is 2.67. The molecule has 0 bridgehead atoms. The lowest BCUT2D eigenvalue weighted by atomic mass is 9.94. The van der Waals surface area contributed by atoms with E-state index in [1.54, 1.807) is 45.0 Å². The SMILES string of the molecule is CC(C)c1c(C(F)(F)F)c2ccc(N(C)C)cc2n(C)c1=O. The molecule has 6 heteroatoms. The first-order chi connectivity index (χ1) is 10.1. The number of aromatic nitrogens is 1. The Labute approximate surface area is 127 Å². The molecule has 120 valence electrons. The molecule has 2 rings (SSSR count). The second kappa shape index (κ2) is 5.34. The second-order valence-electron chi connectivity index (χ2n) is 5.90. The minimum absolute atomic E-state index is 0.0592. The van der Waals surface area contributed by atoms with Crippen molar-refractivity contribution in [1.82, 2.24) is 4.57 Å². The lowest BCUT2D eigenvalue weighted by Gasteiger charge is -2.21. The monoisotopic (exact) mass is 312 g/mol. The van der Waals surface area contributed by atoms with Gasteiger partial charge in [0.05, 0.1) is 11.1 Å². The zero-order valence-electron chi connectivity index (χ0n) is 13.2. The molecular formula is C16H19F3N2O. The molecule has 1 heterocycles. The van der Waals surface area contributed by atoms with Crippen LogP contribution in [0.15, 0.2) is 23.0 Å². The third-order valence-electron chi connectivity index (χ3n) is 3.79. The van der Waals surface area contributed by atoms with Crippen LogP contribution in [0.5, 0.6) is 0 Å². The minimum Gasteiger partial charge on any atom is -0.378 e. The van der Waals surface area contributed by atoms with E-state index < -0.39 is 23.2 Å². The van der Waals surface area contributed by atoms with E-state index in [1.165, 1.54) is 17.7 Å². The van der Waals surface area contributed by atoms with Gasteiger partial charge in [0.25, 0.3) is 5.56 Å². The highest BCUT2D eigenvalue weighted by Gasteiger charge is 2.38. The Bertz CT molecular complexity index is 774. The highest BCUT2D eigenvalue weighted by Crippen LogP contribution is 2.39. The maximum atomic E-state index is 13.6. The van der Waals surface area contributed by atoms with E-state index in [2.05, 4.69) is 0 Å². The number of aryl methyl sites for hydroxylation is 1. The molecule has 3 nitrogen and oxygen atoms in total. The first-order valence-electron chi connectivity index (χ1n) is 6.96. The number of anilines is 1. The highest BCUT2D eigenvalue weighted by atomic mass is 19.4. The van der Waals surface area contributed by atoms with Crippen LogP contribution in [0.1, 0.15) is 30.9 Å². The molecule has 0 atom stereocenters. The number of hydrogen-bond donors (Lipinski definition) is 0. The Morgan fingerprint density at radius 1 is 1.18 bits per heavy atom. The number of nitrogens with zero attached hydrogens (tertiary/aromatic N) is 2. The summed E-state index contributed by atoms with van der Waals surface area (Å²) in [6, 6.07) is 4.68. The van der Waals surface area contributed by atoms with Gasteiger partial charge in [0, 0.05) is 37.8 Å². The number of alkyl halides is 3. The summed E-state index contributed by atoms with van der Waals surface area (Å²) in [5.74, 6) is -0.506. The summed E-state index contributed by atoms with van der Waals surface area (Å²) >= 11 is 0. The first-order valence-corrected chi connectivity index (χ1v) is 6.96. The molecule has 0 unspecified atom stereocenters. The van der Waals surface area contributed by atoms with E-state index in [1.807, 2.05) is 0 Å². The fourth-order valence-electron chi connectivity index (χ4n) is 2.67. The van der Waals surface area contributed by atoms with E-state index in [0.717, 1.165) is 5.69 Å². The molecule has 0 fully saturated rings. The summed E-state index contributed by atoms with van der Waals surface area (Å²) in [5.41, 5.74) is -0.558. The fraction of sp³-hybridized carbons (Fsp3) is 0.438. The average Bonchev–Trinajstić information content (AvgIpc) is 2.40. The molecule has 0 spiro atoms. The van der Waals surface area contributed by atoms with E-state index in [9.17, 15) is 18.0 Å². The van der Waals surface area contributed by atoms with Crippen molar-refractivity contribution in [3.8, 4) is 0 Å². The van der Waals surface area contributed by atoms with Gasteiger partial charge in [-0.15, -0.1) is 0 Å². The van der Waals surface area contributed by atoms with Crippen molar-refractivity contribution >= 4 is 16.6 Å². The van der Waals surface area contributed by atoms with Crippen LogP contribution in [-0.4, -0.2) is 18.7 Å². The molecule has 0 aliphatic heterocycles. The molecule has 0 aliphatic rings. The zero-order chi connectivity index (χ0) is 16.8. The van der Waals surface area contributed by atoms with Gasteiger partial charge in [-0.1, -0.05) is 19.9 Å². The lowest BCUT2D eigenvalue weighted by Crippen LogP contribution is -2.28. The Kier molecular flexibility index (Phi) is 3.98. The van der Waals surface area contributed by atoms with Gasteiger partial charge in [-0.25, -0.2) is 0 Å². The van der Waals surface area contributed by atoms with Crippen LogP contribution in [-0.2, 0) is 13.2 Å². The van der Waals surface area contributed by atoms with Crippen molar-refractivity contribution in [2.45, 2.75) is 25.9 Å². The van der Waals surface area contributed by atoms with E-state index in [-0.39, 0.29) is 16.5 Å². The van der Waals surface area contributed by atoms with Crippen molar-refractivity contribution < 1.29 is 13.2 Å². The van der Waals surface area contributed by atoms with Crippen molar-refractivity contribution in [3.05, 3.63) is 39.7 Å². The summed E-state index contributed by atoms with van der Waals surface area (Å²) in [4.78, 5) is 14.2. The summed E-state index contributed by atoms with van der Waals surface area (Å²) in [6.07, 6.45) is -4.56. The average molecular weight is 312 g/mol. The van der Waals surface area contributed by atoms with Gasteiger partial charge in [-0.3, -0.25) is 4.79 Å². The maximum absolute atomic E-state index is 13.6. The first kappa shape index (κ1) is 16.4. The highest BCUT2D eigenvalue weighted by molar-refractivity contribution is 5.87. The minimum atomic E-state index is -4.56. The lowest BCUT2D eigenvalue weighted by molar-refractivity contribution is -0.137. The van der Waals surface area contributed by atoms with Crippen LogP contribution in [0.3, 0.4) is 0 Å². The molecule has 2 aromatic rings. The maximum Gasteiger partial charge on any atom is 0.417 e. The third kappa shape index (κ3) is 2.58. The Morgan fingerprint density at radius 2 is 1.77 bits per heavy atom. The van der Waals surface area contributed by atoms with Crippen molar-refractivity contribution in [1.29, 1.82) is 0 Å². The number of fused-ring (bicyclic) bond motifs is 1. The third-order valence-corrected chi connectivity index (χ3v) is 3.79. The molecular weight excluding hydrogens is 293 g/mol. The number of hydrogen-bond acceptors (Lipinski definition) is 2. The van der Waals surface area contributed by atoms with Gasteiger partial charge in [0.1, 0.15) is 0 Å². The molecule has 0 N–H and O–H groups in total. The van der Waals surface area contributed by atoms with Crippen LogP contribution in [0.2, 0.25) is 0 Å². The van der Waals surface area contributed by atoms with E-state index in [0.29, 0.717) is 0 Å². The summed E-state index contributed by atoms with van der Waals surface area (Å²) in [6.45, 7) is 3.21. The Balaban J connectivity index is 3.03. The van der Waals surface area contributed by atoms with Crippen molar-refractivity contribution in [3.63, 3.8) is 0 Å². The van der Waals surface area contributed by atoms with Crippen LogP contribution in [0.25, 0.3) is 10.9 Å². The predicted molar refractivity (Wildman–Crippen MR) is 82.6 cm³/mol. The normalized spacial score (nSPS) is 12.2. The van der Waals surface area contributed by atoms with Gasteiger partial charge >= 0.3 is 6.18 Å². The zero-order valence-corrected chi connectivity index (χ0v) is 13.2. The molecule has 0 amide bonds. The molecule has 22 heavy (non-hydrogen) atoms. The molecule has 1 aromatic carbocycles. The van der Waals surface area contributed by atoms with Gasteiger partial charge in [0.15, 0.2) is 0 Å². The molecule has 0 aliphatic carbocycles. The number of rotatable bonds is 2. The standard InChI is InChI=1S/C16H19F3N2O/c1-9(2)13-14(16(17,18)19)11-7-6-10(20(3)4)8-12(11)21(5)15(13)22/h6-9H,1-5H3. The second-order valence-corrected chi connectivity index (χ2v) is 5.90. The van der Waals surface area contributed by atoms with Gasteiger partial charge in [0.2, 0.25) is 0 Å². The predicted octanol–water partition coefficient (Wildman–Crippen LogP) is 3.75. The number of halogens is 3. The topological polar surface area (TPSA) is 25.2 Å². The van der Waals surface area contributed by atoms with Crippen LogP contribution >= 0.6 is 0 Å². The summed E-state index contributed by atoms with van der Waals surface area (Å²) < 4.78 is 42.0. The Hall–Kier alpha value is -1.98. The molecule has 0 radical (unpaired) electrons. The Morgan fingerprint density at radius 3 is 2.23 bits per heavy atom. The molecule has 1 aromatic heterocycles. The van der Waals surface area contributed by atoms with E-state index in [4.69, 9.17) is 0 Å². The van der Waals surface area contributed by atoms with Crippen LogP contribution in [0.4, 0.5) is 18.9 Å². The van der Waals surface area contributed by atoms with Gasteiger partial charge in [-0.2, -0.15) is 13.2 Å². The van der Waals surface area contributed by atoms with E-state index >= 15 is 0 Å².